The largest absolute Gasteiger partial charge is 0.537 e. The van der Waals surface area contributed by atoms with Gasteiger partial charge < -0.3 is 10.9 Å². The number of rotatable bonds is 3. The van der Waals surface area contributed by atoms with Gasteiger partial charge in [0, 0.05) is 17.8 Å². The Balaban J connectivity index is 2.67. The molecule has 0 fully saturated rings. The fourth-order valence-corrected chi connectivity index (χ4v) is 1.10. The first-order valence-electron chi connectivity index (χ1n) is 4.41. The van der Waals surface area contributed by atoms with E-state index in [1.165, 1.54) is 0 Å². The molecule has 1 rings (SSSR count). The normalized spacial score (nSPS) is 12.0. The highest BCUT2D eigenvalue weighted by Crippen LogP contribution is 1.95. The smallest absolute Gasteiger partial charge is 0.412 e. The van der Waals surface area contributed by atoms with Gasteiger partial charge in [0.2, 0.25) is 0 Å². The van der Waals surface area contributed by atoms with Crippen molar-refractivity contribution in [1.82, 2.24) is 0 Å². The second-order valence-corrected chi connectivity index (χ2v) is 3.07. The lowest BCUT2D eigenvalue weighted by molar-refractivity contribution is -0.751. The Labute approximate surface area is 90.6 Å². The third-order valence-corrected chi connectivity index (χ3v) is 1.94. The third-order valence-electron chi connectivity index (χ3n) is 1.94. The molecule has 8 heteroatoms. The summed E-state index contributed by atoms with van der Waals surface area (Å²) in [5.74, 6) is -0.802. The van der Waals surface area contributed by atoms with Crippen LogP contribution in [0.2, 0.25) is 0 Å². The molecule has 0 saturated carbocycles. The SMILES string of the molecule is Nc1cc[n+](CC/C([N+](=O)[O-])=[N+](\[O-])O)cc1. The minimum Gasteiger partial charge on any atom is -0.412 e. The number of nitrogen functional groups attached to an aromatic ring is 1. The Bertz CT molecular complexity index is 411. The first-order valence-corrected chi connectivity index (χ1v) is 4.41. The summed E-state index contributed by atoms with van der Waals surface area (Å²) in [6.45, 7) is 0.204. The van der Waals surface area contributed by atoms with Crippen LogP contribution in [0.15, 0.2) is 24.5 Å². The van der Waals surface area contributed by atoms with E-state index in [0.717, 1.165) is 0 Å². The van der Waals surface area contributed by atoms with Crippen LogP contribution in [0.5, 0.6) is 0 Å². The molecule has 3 N–H and O–H groups in total. The highest BCUT2D eigenvalue weighted by molar-refractivity contribution is 5.68. The van der Waals surface area contributed by atoms with Gasteiger partial charge in [0.15, 0.2) is 25.4 Å². The van der Waals surface area contributed by atoms with E-state index < -0.39 is 15.7 Å². The lowest BCUT2D eigenvalue weighted by Crippen LogP contribution is -2.36. The van der Waals surface area contributed by atoms with Crippen molar-refractivity contribution in [3.05, 3.63) is 39.8 Å². The van der Waals surface area contributed by atoms with E-state index in [-0.39, 0.29) is 13.0 Å². The van der Waals surface area contributed by atoms with Crippen molar-refractivity contribution in [2.24, 2.45) is 0 Å². The summed E-state index contributed by atoms with van der Waals surface area (Å²) < 4.78 is 1.61. The van der Waals surface area contributed by atoms with E-state index in [1.807, 2.05) is 0 Å². The highest BCUT2D eigenvalue weighted by Gasteiger charge is 2.27. The summed E-state index contributed by atoms with van der Waals surface area (Å²) in [6.07, 6.45) is 3.07. The van der Waals surface area contributed by atoms with Crippen LogP contribution < -0.4 is 10.3 Å². The standard InChI is InChI=1S/C8H10N4O4/c9-7-1-4-10(5-2-7)6-3-8(11(13)14)12(15)16/h1-2,4-5,9H,3,6H2,(H,13,14)/p+1. The van der Waals surface area contributed by atoms with Gasteiger partial charge in [-0.3, -0.25) is 15.3 Å². The Hall–Kier alpha value is -2.38. The van der Waals surface area contributed by atoms with Crippen LogP contribution >= 0.6 is 0 Å². The van der Waals surface area contributed by atoms with E-state index in [0.29, 0.717) is 5.69 Å². The fraction of sp³-hybridized carbons (Fsp3) is 0.250. The maximum absolute atomic E-state index is 10.4. The van der Waals surface area contributed by atoms with E-state index >= 15 is 0 Å². The zero-order valence-electron chi connectivity index (χ0n) is 8.31. The Morgan fingerprint density at radius 2 is 2.00 bits per heavy atom. The van der Waals surface area contributed by atoms with Gasteiger partial charge in [-0.2, -0.15) is 0 Å². The Kier molecular flexibility index (Phi) is 3.59. The molecule has 8 nitrogen and oxygen atoms in total. The molecular formula is C8H11N4O4+. The summed E-state index contributed by atoms with van der Waals surface area (Å²) >= 11 is 0. The second-order valence-electron chi connectivity index (χ2n) is 3.07. The van der Waals surface area contributed by atoms with Crippen molar-refractivity contribution in [1.29, 1.82) is 0 Å². The zero-order valence-corrected chi connectivity index (χ0v) is 8.31. The maximum Gasteiger partial charge on any atom is 0.537 e. The van der Waals surface area contributed by atoms with Crippen LogP contribution in [0.4, 0.5) is 5.69 Å². The fourth-order valence-electron chi connectivity index (χ4n) is 1.10. The molecule has 0 aliphatic rings. The lowest BCUT2D eigenvalue weighted by Gasteiger charge is -1.94. The molecule has 0 atom stereocenters. The molecule has 0 saturated heterocycles. The van der Waals surface area contributed by atoms with E-state index in [1.54, 1.807) is 29.1 Å². The topological polar surface area (TPSA) is 119 Å². The van der Waals surface area contributed by atoms with Crippen LogP contribution in [-0.4, -0.2) is 20.9 Å². The van der Waals surface area contributed by atoms with E-state index in [4.69, 9.17) is 10.9 Å². The van der Waals surface area contributed by atoms with Crippen molar-refractivity contribution < 1.29 is 19.6 Å². The minimum absolute atomic E-state index is 0.179. The number of pyridine rings is 1. The molecule has 16 heavy (non-hydrogen) atoms. The molecule has 86 valence electrons. The number of aryl methyl sites for hydroxylation is 1. The van der Waals surface area contributed by atoms with Crippen LogP contribution in [0.3, 0.4) is 0 Å². The first-order chi connectivity index (χ1) is 7.50. The van der Waals surface area contributed by atoms with Crippen LogP contribution in [0.25, 0.3) is 0 Å². The number of nitro groups is 1. The summed E-state index contributed by atoms with van der Waals surface area (Å²) in [5.41, 5.74) is 6.03. The van der Waals surface area contributed by atoms with Gasteiger partial charge in [-0.25, -0.2) is 4.57 Å². The number of hydrogen-bond acceptors (Lipinski definition) is 5. The molecule has 0 radical (unpaired) electrons. The molecule has 1 heterocycles. The number of hydrogen-bond donors (Lipinski definition) is 2. The van der Waals surface area contributed by atoms with E-state index in [2.05, 4.69) is 0 Å². The molecule has 1 aromatic heterocycles. The number of amidine groups is 1. The minimum atomic E-state index is -0.912. The molecule has 0 amide bonds. The summed E-state index contributed by atoms with van der Waals surface area (Å²) in [4.78, 5) is 8.72. The quantitative estimate of drug-likeness (QED) is 0.137. The van der Waals surface area contributed by atoms with Crippen LogP contribution in [-0.2, 0) is 6.54 Å². The monoisotopic (exact) mass is 227 g/mol. The third kappa shape index (κ3) is 3.08. The van der Waals surface area contributed by atoms with Gasteiger partial charge in [-0.1, -0.05) is 0 Å². The molecule has 1 aromatic rings. The number of nitrogens with two attached hydrogens (primary N) is 1. The summed E-state index contributed by atoms with van der Waals surface area (Å²) in [7, 11) is 0. The first kappa shape index (κ1) is 11.7. The molecule has 0 aliphatic carbocycles. The summed E-state index contributed by atoms with van der Waals surface area (Å²) in [6, 6.07) is 3.25. The molecule has 0 bridgehead atoms. The number of aromatic nitrogens is 1. The van der Waals surface area contributed by atoms with Gasteiger partial charge in [-0.15, -0.1) is 0 Å². The number of anilines is 1. The predicted molar refractivity (Wildman–Crippen MR) is 53.1 cm³/mol. The van der Waals surface area contributed by atoms with Crippen LogP contribution in [0, 0.1) is 15.3 Å². The molecule has 0 aromatic carbocycles. The predicted octanol–water partition coefficient (Wildman–Crippen LogP) is -0.479. The Morgan fingerprint density at radius 3 is 2.44 bits per heavy atom. The van der Waals surface area contributed by atoms with Gasteiger partial charge in [0.05, 0.1) is 0 Å². The van der Waals surface area contributed by atoms with Crippen LogP contribution in [0.1, 0.15) is 6.42 Å². The van der Waals surface area contributed by atoms with Crippen molar-refractivity contribution in [3.8, 4) is 0 Å². The van der Waals surface area contributed by atoms with Gasteiger partial charge in [0.1, 0.15) is 9.83 Å². The second kappa shape index (κ2) is 4.91. The Morgan fingerprint density at radius 1 is 1.44 bits per heavy atom. The molecule has 0 unspecified atom stereocenters. The van der Waals surface area contributed by atoms with Gasteiger partial charge in [0.25, 0.3) is 0 Å². The lowest BCUT2D eigenvalue weighted by atomic mass is 10.3. The average Bonchev–Trinajstić information content (AvgIpc) is 2.20. The van der Waals surface area contributed by atoms with Crippen molar-refractivity contribution in [2.45, 2.75) is 13.0 Å². The van der Waals surface area contributed by atoms with Crippen molar-refractivity contribution in [3.63, 3.8) is 0 Å². The number of nitrogens with zero attached hydrogens (tertiary/aromatic N) is 3. The maximum atomic E-state index is 10.4. The van der Waals surface area contributed by atoms with Crippen molar-refractivity contribution in [2.75, 3.05) is 5.73 Å². The van der Waals surface area contributed by atoms with Crippen molar-refractivity contribution >= 4 is 11.5 Å². The van der Waals surface area contributed by atoms with E-state index in [9.17, 15) is 15.3 Å². The zero-order chi connectivity index (χ0) is 12.1. The highest BCUT2D eigenvalue weighted by atomic mass is 16.8. The van der Waals surface area contributed by atoms with Gasteiger partial charge in [-0.05, 0) is 0 Å². The summed E-state index contributed by atoms with van der Waals surface area (Å²) in [5, 5.41) is 29.3. The average molecular weight is 227 g/mol. The molecule has 0 aliphatic heterocycles. The molecular weight excluding hydrogens is 216 g/mol. The van der Waals surface area contributed by atoms with Gasteiger partial charge >= 0.3 is 5.84 Å². The molecule has 0 spiro atoms.